The van der Waals surface area contributed by atoms with Crippen molar-refractivity contribution in [2.24, 2.45) is 0 Å². The Morgan fingerprint density at radius 2 is 2.27 bits per heavy atom. The summed E-state index contributed by atoms with van der Waals surface area (Å²) >= 11 is 0. The first-order valence-electron chi connectivity index (χ1n) is 5.68. The number of nitrogens with one attached hydrogen (secondary N) is 1. The molecule has 1 rings (SSSR count). The molecule has 1 unspecified atom stereocenters. The van der Waals surface area contributed by atoms with Crippen LogP contribution in [0.4, 0.5) is 0 Å². The number of rotatable bonds is 4. The normalized spacial score (nSPS) is 27.6. The number of hydrogen-bond donors (Lipinski definition) is 2. The van der Waals surface area contributed by atoms with Gasteiger partial charge in [0.2, 0.25) is 0 Å². The highest BCUT2D eigenvalue weighted by atomic mass is 16.5. The third-order valence-electron chi connectivity index (χ3n) is 3.25. The molecule has 0 saturated carbocycles. The van der Waals surface area contributed by atoms with Crippen molar-refractivity contribution >= 4 is 0 Å². The number of aliphatic hydroxyl groups is 1. The predicted molar refractivity (Wildman–Crippen MR) is 61.0 cm³/mol. The summed E-state index contributed by atoms with van der Waals surface area (Å²) in [5.41, 5.74) is 0.190. The molecule has 0 aliphatic carbocycles. The topological polar surface area (TPSA) is 44.7 Å². The molecule has 0 spiro atoms. The lowest BCUT2D eigenvalue weighted by atomic mass is 9.98. The fraction of sp³-hybridized carbons (Fsp3) is 1.00. The van der Waals surface area contributed by atoms with Crippen molar-refractivity contribution in [1.82, 2.24) is 10.2 Å². The van der Waals surface area contributed by atoms with Gasteiger partial charge < -0.3 is 15.2 Å². The van der Waals surface area contributed by atoms with Crippen molar-refractivity contribution in [3.63, 3.8) is 0 Å². The molecule has 1 saturated heterocycles. The molecule has 0 radical (unpaired) electrons. The molecule has 1 fully saturated rings. The molecule has 1 atom stereocenters. The van der Waals surface area contributed by atoms with Crippen molar-refractivity contribution in [3.8, 4) is 0 Å². The summed E-state index contributed by atoms with van der Waals surface area (Å²) < 4.78 is 5.12. The number of ether oxygens (including phenoxy) is 1. The maximum absolute atomic E-state index is 9.21. The summed E-state index contributed by atoms with van der Waals surface area (Å²) in [6.07, 6.45) is 1.10. The first-order valence-corrected chi connectivity index (χ1v) is 5.68. The van der Waals surface area contributed by atoms with Gasteiger partial charge in [-0.1, -0.05) is 0 Å². The van der Waals surface area contributed by atoms with E-state index in [4.69, 9.17) is 4.74 Å². The van der Waals surface area contributed by atoms with E-state index in [1.165, 1.54) is 0 Å². The Morgan fingerprint density at radius 1 is 1.53 bits per heavy atom. The minimum atomic E-state index is 0.190. The molecule has 0 aromatic carbocycles. The SMILES string of the molecule is COCCN1CC(CO)NCCC1(C)C. The standard InChI is InChI=1S/C11H24N2O2/c1-11(2)4-5-12-10(9-14)8-13(11)6-7-15-3/h10,12,14H,4-9H2,1-3H3. The second kappa shape index (κ2) is 5.80. The summed E-state index contributed by atoms with van der Waals surface area (Å²) in [5, 5.41) is 12.6. The van der Waals surface area contributed by atoms with E-state index < -0.39 is 0 Å². The highest BCUT2D eigenvalue weighted by Gasteiger charge is 2.30. The molecule has 4 nitrogen and oxygen atoms in total. The van der Waals surface area contributed by atoms with Crippen molar-refractivity contribution in [3.05, 3.63) is 0 Å². The number of hydrogen-bond acceptors (Lipinski definition) is 4. The summed E-state index contributed by atoms with van der Waals surface area (Å²) in [6, 6.07) is 0.198. The van der Waals surface area contributed by atoms with E-state index in [2.05, 4.69) is 24.1 Å². The van der Waals surface area contributed by atoms with Crippen molar-refractivity contribution < 1.29 is 9.84 Å². The van der Waals surface area contributed by atoms with Gasteiger partial charge in [-0.2, -0.15) is 0 Å². The average molecular weight is 216 g/mol. The largest absolute Gasteiger partial charge is 0.395 e. The highest BCUT2D eigenvalue weighted by Crippen LogP contribution is 2.20. The van der Waals surface area contributed by atoms with E-state index in [0.717, 1.165) is 32.7 Å². The maximum Gasteiger partial charge on any atom is 0.0597 e. The quantitative estimate of drug-likeness (QED) is 0.698. The Hall–Kier alpha value is -0.160. The van der Waals surface area contributed by atoms with Gasteiger partial charge >= 0.3 is 0 Å². The van der Waals surface area contributed by atoms with Crippen LogP contribution in [0, 0.1) is 0 Å². The van der Waals surface area contributed by atoms with E-state index in [1.807, 2.05) is 0 Å². The van der Waals surface area contributed by atoms with Crippen LogP contribution in [0.2, 0.25) is 0 Å². The molecule has 90 valence electrons. The van der Waals surface area contributed by atoms with Crippen molar-refractivity contribution in [2.75, 3.05) is 40.0 Å². The molecule has 1 heterocycles. The van der Waals surface area contributed by atoms with Crippen LogP contribution < -0.4 is 5.32 Å². The number of aliphatic hydroxyl groups excluding tert-OH is 1. The Bertz CT molecular complexity index is 185. The number of methoxy groups -OCH3 is 1. The fourth-order valence-corrected chi connectivity index (χ4v) is 2.04. The summed E-state index contributed by atoms with van der Waals surface area (Å²) in [7, 11) is 1.73. The molecule has 4 heteroatoms. The van der Waals surface area contributed by atoms with Crippen LogP contribution in [0.15, 0.2) is 0 Å². The fourth-order valence-electron chi connectivity index (χ4n) is 2.04. The Balaban J connectivity index is 2.57. The third-order valence-corrected chi connectivity index (χ3v) is 3.25. The molecule has 15 heavy (non-hydrogen) atoms. The van der Waals surface area contributed by atoms with Crippen molar-refractivity contribution in [1.29, 1.82) is 0 Å². The molecule has 0 amide bonds. The van der Waals surface area contributed by atoms with Crippen molar-refractivity contribution in [2.45, 2.75) is 31.8 Å². The second-order valence-corrected chi connectivity index (χ2v) is 4.83. The van der Waals surface area contributed by atoms with E-state index in [9.17, 15) is 5.11 Å². The van der Waals surface area contributed by atoms with Gasteiger partial charge in [0.25, 0.3) is 0 Å². The maximum atomic E-state index is 9.21. The lowest BCUT2D eigenvalue weighted by Crippen LogP contribution is -2.48. The van der Waals surface area contributed by atoms with E-state index in [-0.39, 0.29) is 18.2 Å². The first-order chi connectivity index (χ1) is 7.10. The van der Waals surface area contributed by atoms with Gasteiger partial charge in [-0.15, -0.1) is 0 Å². The third kappa shape index (κ3) is 3.72. The van der Waals surface area contributed by atoms with Gasteiger partial charge in [0.1, 0.15) is 0 Å². The summed E-state index contributed by atoms with van der Waals surface area (Å²) in [6.45, 7) is 8.27. The Kier molecular flexibility index (Phi) is 4.99. The average Bonchev–Trinajstić information content (AvgIpc) is 2.34. The molecule has 1 aliphatic heterocycles. The molecular weight excluding hydrogens is 192 g/mol. The summed E-state index contributed by atoms with van der Waals surface area (Å²) in [5.74, 6) is 0. The minimum absolute atomic E-state index is 0.190. The van der Waals surface area contributed by atoms with Gasteiger partial charge in [0.15, 0.2) is 0 Å². The van der Waals surface area contributed by atoms with Gasteiger partial charge in [-0.25, -0.2) is 0 Å². The van der Waals surface area contributed by atoms with Crippen LogP contribution in [-0.2, 0) is 4.74 Å². The zero-order valence-corrected chi connectivity index (χ0v) is 10.1. The molecule has 2 N–H and O–H groups in total. The molecule has 0 aromatic heterocycles. The zero-order chi connectivity index (χ0) is 11.3. The lowest BCUT2D eigenvalue weighted by molar-refractivity contribution is 0.0709. The lowest BCUT2D eigenvalue weighted by Gasteiger charge is -2.37. The van der Waals surface area contributed by atoms with Crippen LogP contribution in [0.1, 0.15) is 20.3 Å². The first kappa shape index (κ1) is 12.9. The monoisotopic (exact) mass is 216 g/mol. The van der Waals surface area contributed by atoms with Gasteiger partial charge in [-0.05, 0) is 26.8 Å². The van der Waals surface area contributed by atoms with Crippen LogP contribution >= 0.6 is 0 Å². The minimum Gasteiger partial charge on any atom is -0.395 e. The smallest absolute Gasteiger partial charge is 0.0597 e. The van der Waals surface area contributed by atoms with Gasteiger partial charge in [0, 0.05) is 31.8 Å². The molecular formula is C11H24N2O2. The van der Waals surface area contributed by atoms with E-state index in [1.54, 1.807) is 7.11 Å². The Labute approximate surface area is 92.6 Å². The highest BCUT2D eigenvalue weighted by molar-refractivity contribution is 4.89. The van der Waals surface area contributed by atoms with Gasteiger partial charge in [-0.3, -0.25) is 4.90 Å². The van der Waals surface area contributed by atoms with E-state index in [0.29, 0.717) is 0 Å². The zero-order valence-electron chi connectivity index (χ0n) is 10.1. The second-order valence-electron chi connectivity index (χ2n) is 4.83. The molecule has 0 aromatic rings. The van der Waals surface area contributed by atoms with Crippen LogP contribution in [0.25, 0.3) is 0 Å². The predicted octanol–water partition coefficient (Wildman–Crippen LogP) is 0.0676. The van der Waals surface area contributed by atoms with E-state index >= 15 is 0 Å². The van der Waals surface area contributed by atoms with Crippen LogP contribution in [0.3, 0.4) is 0 Å². The van der Waals surface area contributed by atoms with Crippen LogP contribution in [0.5, 0.6) is 0 Å². The summed E-state index contributed by atoms with van der Waals surface area (Å²) in [4.78, 5) is 2.40. The molecule has 0 bridgehead atoms. The van der Waals surface area contributed by atoms with Gasteiger partial charge in [0.05, 0.1) is 13.2 Å². The molecule has 1 aliphatic rings. The Morgan fingerprint density at radius 3 is 2.87 bits per heavy atom. The van der Waals surface area contributed by atoms with Crippen LogP contribution in [-0.4, -0.2) is 61.5 Å². The number of nitrogens with zero attached hydrogens (tertiary/aromatic N) is 1.